The Bertz CT molecular complexity index is 1160. The molecular weight excluding hydrogens is 336 g/mol. The van der Waals surface area contributed by atoms with Gasteiger partial charge in [-0.3, -0.25) is 14.2 Å². The molecule has 4 heterocycles. The molecule has 0 unspecified atom stereocenters. The van der Waals surface area contributed by atoms with Gasteiger partial charge in [0.2, 0.25) is 0 Å². The fourth-order valence-corrected chi connectivity index (χ4v) is 3.84. The second-order valence-corrected chi connectivity index (χ2v) is 6.76. The maximum atomic E-state index is 13.3. The van der Waals surface area contributed by atoms with Gasteiger partial charge in [0, 0.05) is 30.8 Å². The quantitative estimate of drug-likeness (QED) is 0.548. The molecule has 0 radical (unpaired) electrons. The molecule has 1 aliphatic rings. The third kappa shape index (κ3) is 2.51. The highest BCUT2D eigenvalue weighted by atomic mass is 16.2. The lowest BCUT2D eigenvalue weighted by Gasteiger charge is -2.18. The summed E-state index contributed by atoms with van der Waals surface area (Å²) in [4.78, 5) is 23.8. The normalized spacial score (nSPS) is 13.1. The standard InChI is InChI=1S/C22H18N4O/c1-15-21(26-12-3-2-4-20(26)24-15)22(27)25-13-9-18-14-17(5-6-19(18)25)16-7-10-23-11-8-16/h2-8,10-12,14H,9,13H2,1H3. The van der Waals surface area contributed by atoms with E-state index in [9.17, 15) is 4.79 Å². The summed E-state index contributed by atoms with van der Waals surface area (Å²) < 4.78 is 1.88. The van der Waals surface area contributed by atoms with E-state index < -0.39 is 0 Å². The minimum atomic E-state index is 0.00149. The van der Waals surface area contributed by atoms with Crippen LogP contribution in [0, 0.1) is 6.92 Å². The van der Waals surface area contributed by atoms with E-state index in [-0.39, 0.29) is 5.91 Å². The lowest BCUT2D eigenvalue weighted by atomic mass is 10.0. The van der Waals surface area contributed by atoms with E-state index in [1.54, 1.807) is 12.4 Å². The number of hydrogen-bond donors (Lipinski definition) is 0. The van der Waals surface area contributed by atoms with Gasteiger partial charge in [0.15, 0.2) is 0 Å². The van der Waals surface area contributed by atoms with Crippen LogP contribution in [0.4, 0.5) is 5.69 Å². The van der Waals surface area contributed by atoms with Crippen LogP contribution < -0.4 is 4.90 Å². The smallest absolute Gasteiger partial charge is 0.277 e. The number of aromatic nitrogens is 3. The Morgan fingerprint density at radius 3 is 2.74 bits per heavy atom. The van der Waals surface area contributed by atoms with Crippen molar-refractivity contribution in [2.24, 2.45) is 0 Å². The predicted molar refractivity (Wildman–Crippen MR) is 105 cm³/mol. The van der Waals surface area contributed by atoms with Gasteiger partial charge in [-0.15, -0.1) is 0 Å². The van der Waals surface area contributed by atoms with Crippen LogP contribution in [0.25, 0.3) is 16.8 Å². The first-order valence-electron chi connectivity index (χ1n) is 9.01. The van der Waals surface area contributed by atoms with Crippen LogP contribution in [-0.2, 0) is 6.42 Å². The first kappa shape index (κ1) is 15.8. The van der Waals surface area contributed by atoms with Crippen molar-refractivity contribution in [2.75, 3.05) is 11.4 Å². The van der Waals surface area contributed by atoms with Gasteiger partial charge >= 0.3 is 0 Å². The lowest BCUT2D eigenvalue weighted by Crippen LogP contribution is -2.30. The molecule has 132 valence electrons. The average molecular weight is 354 g/mol. The van der Waals surface area contributed by atoms with E-state index >= 15 is 0 Å². The molecule has 1 aromatic carbocycles. The van der Waals surface area contributed by atoms with Crippen molar-refractivity contribution in [2.45, 2.75) is 13.3 Å². The molecular formula is C22H18N4O. The van der Waals surface area contributed by atoms with Crippen molar-refractivity contribution >= 4 is 17.2 Å². The summed E-state index contributed by atoms with van der Waals surface area (Å²) in [5.74, 6) is 0.00149. The molecule has 0 bridgehead atoms. The molecule has 0 aliphatic carbocycles. The van der Waals surface area contributed by atoms with E-state index in [1.807, 2.05) is 52.8 Å². The van der Waals surface area contributed by atoms with Crippen LogP contribution in [-0.4, -0.2) is 26.8 Å². The fraction of sp³-hybridized carbons (Fsp3) is 0.136. The molecule has 5 heteroatoms. The highest BCUT2D eigenvalue weighted by Crippen LogP contribution is 2.33. The number of hydrogen-bond acceptors (Lipinski definition) is 3. The molecule has 3 aromatic heterocycles. The van der Waals surface area contributed by atoms with E-state index in [1.165, 1.54) is 5.56 Å². The molecule has 0 N–H and O–H groups in total. The Morgan fingerprint density at radius 1 is 1.04 bits per heavy atom. The lowest BCUT2D eigenvalue weighted by molar-refractivity contribution is 0.0983. The van der Waals surface area contributed by atoms with Gasteiger partial charge in [0.25, 0.3) is 5.91 Å². The highest BCUT2D eigenvalue weighted by Gasteiger charge is 2.29. The number of rotatable bonds is 2. The molecule has 5 rings (SSSR count). The zero-order valence-electron chi connectivity index (χ0n) is 15.0. The number of pyridine rings is 2. The summed E-state index contributed by atoms with van der Waals surface area (Å²) in [7, 11) is 0. The minimum absolute atomic E-state index is 0.00149. The van der Waals surface area contributed by atoms with Crippen molar-refractivity contribution in [3.05, 3.63) is 84.1 Å². The second kappa shape index (κ2) is 6.06. The maximum absolute atomic E-state index is 13.3. The van der Waals surface area contributed by atoms with E-state index in [0.717, 1.165) is 34.6 Å². The van der Waals surface area contributed by atoms with Crippen LogP contribution in [0.2, 0.25) is 0 Å². The van der Waals surface area contributed by atoms with E-state index in [0.29, 0.717) is 12.2 Å². The van der Waals surface area contributed by atoms with E-state index in [4.69, 9.17) is 0 Å². The zero-order valence-corrected chi connectivity index (χ0v) is 15.0. The topological polar surface area (TPSA) is 50.5 Å². The number of carbonyl (C=O) groups is 1. The van der Waals surface area contributed by atoms with Gasteiger partial charge in [0.05, 0.1) is 5.69 Å². The molecule has 0 spiro atoms. The van der Waals surface area contributed by atoms with Crippen molar-refractivity contribution < 1.29 is 4.79 Å². The first-order valence-corrected chi connectivity index (χ1v) is 9.01. The van der Waals surface area contributed by atoms with Gasteiger partial charge in [0.1, 0.15) is 11.3 Å². The Balaban J connectivity index is 1.54. The summed E-state index contributed by atoms with van der Waals surface area (Å²) in [6, 6.07) is 16.1. The molecule has 0 fully saturated rings. The van der Waals surface area contributed by atoms with Crippen LogP contribution in [0.1, 0.15) is 21.7 Å². The minimum Gasteiger partial charge on any atom is -0.306 e. The highest BCUT2D eigenvalue weighted by molar-refractivity contribution is 6.07. The fourth-order valence-electron chi connectivity index (χ4n) is 3.84. The molecule has 1 amide bonds. The van der Waals surface area contributed by atoms with Crippen LogP contribution in [0.15, 0.2) is 67.1 Å². The van der Waals surface area contributed by atoms with Gasteiger partial charge in [-0.1, -0.05) is 12.1 Å². The third-order valence-electron chi connectivity index (χ3n) is 5.14. The van der Waals surface area contributed by atoms with Crippen LogP contribution >= 0.6 is 0 Å². The van der Waals surface area contributed by atoms with Gasteiger partial charge < -0.3 is 4.90 Å². The second-order valence-electron chi connectivity index (χ2n) is 6.76. The molecule has 5 nitrogen and oxygen atoms in total. The number of benzene rings is 1. The Hall–Kier alpha value is -3.47. The first-order chi connectivity index (χ1) is 13.2. The summed E-state index contributed by atoms with van der Waals surface area (Å²) in [5.41, 5.74) is 6.66. The average Bonchev–Trinajstić information content (AvgIpc) is 3.27. The Morgan fingerprint density at radius 2 is 1.89 bits per heavy atom. The van der Waals surface area contributed by atoms with Crippen molar-refractivity contribution in [1.29, 1.82) is 0 Å². The molecule has 4 aromatic rings. The van der Waals surface area contributed by atoms with E-state index in [2.05, 4.69) is 28.2 Å². The molecule has 27 heavy (non-hydrogen) atoms. The molecule has 0 saturated carbocycles. The SMILES string of the molecule is Cc1nc2ccccn2c1C(=O)N1CCc2cc(-c3ccncc3)ccc21. The summed E-state index contributed by atoms with van der Waals surface area (Å²) in [6.07, 6.45) is 6.35. The van der Waals surface area contributed by atoms with Gasteiger partial charge in [-0.05, 0) is 66.4 Å². The summed E-state index contributed by atoms with van der Waals surface area (Å²) >= 11 is 0. The number of nitrogens with zero attached hydrogens (tertiary/aromatic N) is 4. The maximum Gasteiger partial charge on any atom is 0.277 e. The summed E-state index contributed by atoms with van der Waals surface area (Å²) in [5, 5.41) is 0. The van der Waals surface area contributed by atoms with Crippen LogP contribution in [0.5, 0.6) is 0 Å². The largest absolute Gasteiger partial charge is 0.306 e. The summed E-state index contributed by atoms with van der Waals surface area (Å²) in [6.45, 7) is 2.58. The number of carbonyl (C=O) groups excluding carboxylic acids is 1. The molecule has 1 aliphatic heterocycles. The Kier molecular flexibility index (Phi) is 3.53. The van der Waals surface area contributed by atoms with Gasteiger partial charge in [-0.25, -0.2) is 4.98 Å². The number of fused-ring (bicyclic) bond motifs is 2. The number of aryl methyl sites for hydroxylation is 1. The number of amides is 1. The van der Waals surface area contributed by atoms with Crippen molar-refractivity contribution in [3.63, 3.8) is 0 Å². The number of imidazole rings is 1. The Labute approximate surface area is 156 Å². The number of anilines is 1. The van der Waals surface area contributed by atoms with Crippen molar-refractivity contribution in [3.8, 4) is 11.1 Å². The van der Waals surface area contributed by atoms with Crippen LogP contribution in [0.3, 0.4) is 0 Å². The predicted octanol–water partition coefficient (Wildman–Crippen LogP) is 3.91. The molecule has 0 atom stereocenters. The third-order valence-corrected chi connectivity index (χ3v) is 5.14. The monoisotopic (exact) mass is 354 g/mol. The zero-order chi connectivity index (χ0) is 18.4. The molecule has 0 saturated heterocycles. The van der Waals surface area contributed by atoms with Gasteiger partial charge in [-0.2, -0.15) is 0 Å². The van der Waals surface area contributed by atoms with Crippen molar-refractivity contribution in [1.82, 2.24) is 14.4 Å².